The van der Waals surface area contributed by atoms with E-state index in [2.05, 4.69) is 4.99 Å². The largest absolute Gasteiger partial charge is 0.423 e. The number of aliphatic imine (C=N–C) groups is 1. The Kier molecular flexibility index (Phi) is 4.64. The standard InChI is InChI=1S/C19H15NO2S/c1-14-4-8-16(9-5-14)19(21)22-17-10-6-15(7-11-17)13-20-18-3-2-12-23-18/h2-13H,1H3/b20-13+. The molecule has 0 saturated heterocycles. The van der Waals surface area contributed by atoms with E-state index in [-0.39, 0.29) is 5.97 Å². The van der Waals surface area contributed by atoms with Crippen molar-refractivity contribution in [1.82, 2.24) is 0 Å². The van der Waals surface area contributed by atoms with E-state index in [1.165, 1.54) is 0 Å². The lowest BCUT2D eigenvalue weighted by molar-refractivity contribution is 0.0735. The molecule has 0 unspecified atom stereocenters. The molecule has 0 atom stereocenters. The molecule has 0 amide bonds. The van der Waals surface area contributed by atoms with Crippen LogP contribution in [-0.4, -0.2) is 12.2 Å². The van der Waals surface area contributed by atoms with Gasteiger partial charge in [-0.3, -0.25) is 0 Å². The van der Waals surface area contributed by atoms with Crippen LogP contribution in [0.25, 0.3) is 0 Å². The van der Waals surface area contributed by atoms with Gasteiger partial charge in [0, 0.05) is 6.21 Å². The normalized spacial score (nSPS) is 10.8. The zero-order chi connectivity index (χ0) is 16.1. The number of hydrogen-bond donors (Lipinski definition) is 0. The van der Waals surface area contributed by atoms with Gasteiger partial charge in [-0.05, 0) is 66.4 Å². The molecule has 2 aromatic carbocycles. The highest BCUT2D eigenvalue weighted by atomic mass is 32.1. The molecule has 1 aromatic heterocycles. The fourth-order valence-electron chi connectivity index (χ4n) is 1.96. The molecule has 23 heavy (non-hydrogen) atoms. The number of rotatable bonds is 4. The zero-order valence-corrected chi connectivity index (χ0v) is 13.4. The number of carbonyl (C=O) groups is 1. The second kappa shape index (κ2) is 7.03. The molecule has 4 heteroatoms. The summed E-state index contributed by atoms with van der Waals surface area (Å²) in [5.74, 6) is 0.161. The summed E-state index contributed by atoms with van der Waals surface area (Å²) in [5, 5.41) is 2.94. The minimum Gasteiger partial charge on any atom is -0.423 e. The molecule has 3 rings (SSSR count). The van der Waals surface area contributed by atoms with Gasteiger partial charge in [0.05, 0.1) is 5.56 Å². The summed E-state index contributed by atoms with van der Waals surface area (Å²) in [4.78, 5) is 16.4. The van der Waals surface area contributed by atoms with E-state index in [9.17, 15) is 4.79 Å². The molecule has 0 fully saturated rings. The topological polar surface area (TPSA) is 38.7 Å². The number of benzene rings is 2. The maximum Gasteiger partial charge on any atom is 0.343 e. The van der Waals surface area contributed by atoms with Crippen LogP contribution in [0.4, 0.5) is 5.00 Å². The molecule has 3 nitrogen and oxygen atoms in total. The molecule has 0 N–H and O–H groups in total. The molecule has 0 spiro atoms. The molecule has 1 heterocycles. The molecule has 0 aliphatic carbocycles. The number of ether oxygens (including phenoxy) is 1. The highest BCUT2D eigenvalue weighted by molar-refractivity contribution is 7.13. The number of aryl methyl sites for hydroxylation is 1. The maximum absolute atomic E-state index is 12.0. The van der Waals surface area contributed by atoms with E-state index >= 15 is 0 Å². The lowest BCUT2D eigenvalue weighted by Crippen LogP contribution is -2.08. The first-order valence-corrected chi connectivity index (χ1v) is 8.05. The number of nitrogens with zero attached hydrogens (tertiary/aromatic N) is 1. The second-order valence-electron chi connectivity index (χ2n) is 5.03. The minimum absolute atomic E-state index is 0.356. The van der Waals surface area contributed by atoms with Crippen molar-refractivity contribution < 1.29 is 9.53 Å². The van der Waals surface area contributed by atoms with Gasteiger partial charge >= 0.3 is 5.97 Å². The van der Waals surface area contributed by atoms with Crippen molar-refractivity contribution in [2.45, 2.75) is 6.92 Å². The highest BCUT2D eigenvalue weighted by Gasteiger charge is 2.07. The van der Waals surface area contributed by atoms with Gasteiger partial charge in [-0.1, -0.05) is 17.7 Å². The van der Waals surface area contributed by atoms with Crippen LogP contribution >= 0.6 is 11.3 Å². The van der Waals surface area contributed by atoms with Gasteiger partial charge in [-0.15, -0.1) is 11.3 Å². The zero-order valence-electron chi connectivity index (χ0n) is 12.6. The van der Waals surface area contributed by atoms with Gasteiger partial charge in [-0.2, -0.15) is 0 Å². The van der Waals surface area contributed by atoms with Crippen LogP contribution in [0.1, 0.15) is 21.5 Å². The molecule has 114 valence electrons. The van der Waals surface area contributed by atoms with Crippen molar-refractivity contribution in [2.24, 2.45) is 4.99 Å². The number of esters is 1. The molecule has 0 aliphatic heterocycles. The SMILES string of the molecule is Cc1ccc(C(=O)Oc2ccc(/C=N/c3cccs3)cc2)cc1. The quantitative estimate of drug-likeness (QED) is 0.384. The maximum atomic E-state index is 12.0. The van der Waals surface area contributed by atoms with E-state index in [0.717, 1.165) is 16.1 Å². The molecule has 3 aromatic rings. The minimum atomic E-state index is -0.356. The van der Waals surface area contributed by atoms with E-state index in [4.69, 9.17) is 4.74 Å². The Hall–Kier alpha value is -2.72. The molecule has 0 saturated carbocycles. The average molecular weight is 321 g/mol. The fourth-order valence-corrected chi connectivity index (χ4v) is 2.53. The first-order chi connectivity index (χ1) is 11.2. The van der Waals surface area contributed by atoms with Crippen molar-refractivity contribution in [1.29, 1.82) is 0 Å². The molecule has 0 radical (unpaired) electrons. The number of thiophene rings is 1. The fraction of sp³-hybridized carbons (Fsp3) is 0.0526. The van der Waals surface area contributed by atoms with Crippen molar-refractivity contribution in [2.75, 3.05) is 0 Å². The van der Waals surface area contributed by atoms with Crippen LogP contribution < -0.4 is 4.74 Å². The summed E-state index contributed by atoms with van der Waals surface area (Å²) in [6, 6.07) is 18.5. The van der Waals surface area contributed by atoms with Crippen LogP contribution in [0.15, 0.2) is 71.0 Å². The van der Waals surface area contributed by atoms with Crippen LogP contribution in [0.5, 0.6) is 5.75 Å². The highest BCUT2D eigenvalue weighted by Crippen LogP contribution is 2.19. The van der Waals surface area contributed by atoms with Gasteiger partial charge in [0.2, 0.25) is 0 Å². The van der Waals surface area contributed by atoms with Crippen molar-refractivity contribution in [3.05, 3.63) is 82.7 Å². The summed E-state index contributed by atoms with van der Waals surface area (Å²) in [7, 11) is 0. The molecular weight excluding hydrogens is 306 g/mol. The second-order valence-corrected chi connectivity index (χ2v) is 5.96. The summed E-state index contributed by atoms with van der Waals surface area (Å²) in [6.07, 6.45) is 1.79. The van der Waals surface area contributed by atoms with Crippen molar-refractivity contribution in [3.8, 4) is 5.75 Å². The number of carbonyl (C=O) groups excluding carboxylic acids is 1. The summed E-state index contributed by atoms with van der Waals surface area (Å²) >= 11 is 1.59. The Balaban J connectivity index is 1.65. The Morgan fingerprint density at radius 3 is 2.43 bits per heavy atom. The lowest BCUT2D eigenvalue weighted by atomic mass is 10.1. The third kappa shape index (κ3) is 4.14. The average Bonchev–Trinajstić information content (AvgIpc) is 3.08. The Morgan fingerprint density at radius 2 is 1.78 bits per heavy atom. The van der Waals surface area contributed by atoms with E-state index < -0.39 is 0 Å². The Morgan fingerprint density at radius 1 is 1.04 bits per heavy atom. The summed E-state index contributed by atoms with van der Waals surface area (Å²) < 4.78 is 5.36. The van der Waals surface area contributed by atoms with Crippen LogP contribution in [0, 0.1) is 6.92 Å². The monoisotopic (exact) mass is 321 g/mol. The predicted molar refractivity (Wildman–Crippen MR) is 94.2 cm³/mol. The smallest absolute Gasteiger partial charge is 0.343 e. The summed E-state index contributed by atoms with van der Waals surface area (Å²) in [6.45, 7) is 1.98. The third-order valence-corrected chi connectivity index (χ3v) is 4.00. The Bertz CT molecular complexity index is 804. The molecule has 0 aliphatic rings. The van der Waals surface area contributed by atoms with Gasteiger partial charge in [0.15, 0.2) is 0 Å². The van der Waals surface area contributed by atoms with E-state index in [1.807, 2.05) is 48.7 Å². The van der Waals surface area contributed by atoms with Crippen LogP contribution in [0.2, 0.25) is 0 Å². The van der Waals surface area contributed by atoms with Gasteiger partial charge in [0.1, 0.15) is 10.8 Å². The summed E-state index contributed by atoms with van der Waals surface area (Å²) in [5.41, 5.74) is 2.60. The van der Waals surface area contributed by atoms with Crippen molar-refractivity contribution >= 4 is 28.5 Å². The number of hydrogen-bond acceptors (Lipinski definition) is 4. The lowest BCUT2D eigenvalue weighted by Gasteiger charge is -2.05. The van der Waals surface area contributed by atoms with Crippen molar-refractivity contribution in [3.63, 3.8) is 0 Å². The van der Waals surface area contributed by atoms with Gasteiger partial charge < -0.3 is 4.74 Å². The van der Waals surface area contributed by atoms with Crippen LogP contribution in [-0.2, 0) is 0 Å². The first kappa shape index (κ1) is 15.2. The van der Waals surface area contributed by atoms with E-state index in [0.29, 0.717) is 11.3 Å². The van der Waals surface area contributed by atoms with Gasteiger partial charge in [-0.25, -0.2) is 9.79 Å². The molecule has 0 bridgehead atoms. The predicted octanol–water partition coefficient (Wildman–Crippen LogP) is 5.03. The Labute approximate surface area is 138 Å². The van der Waals surface area contributed by atoms with Gasteiger partial charge in [0.25, 0.3) is 0 Å². The third-order valence-electron chi connectivity index (χ3n) is 3.22. The first-order valence-electron chi connectivity index (χ1n) is 7.17. The van der Waals surface area contributed by atoms with Crippen LogP contribution in [0.3, 0.4) is 0 Å². The van der Waals surface area contributed by atoms with E-state index in [1.54, 1.807) is 41.8 Å². The molecular formula is C19H15NO2S.